The van der Waals surface area contributed by atoms with Crippen LogP contribution in [-0.4, -0.2) is 0 Å². The van der Waals surface area contributed by atoms with Crippen LogP contribution >= 0.6 is 0 Å². The second kappa shape index (κ2) is 4.81. The third-order valence-corrected chi connectivity index (χ3v) is 2.68. The van der Waals surface area contributed by atoms with Gasteiger partial charge in [-0.25, -0.2) is 0 Å². The minimum Gasteiger partial charge on any atom is -0.398 e. The number of hydrogen-bond acceptors (Lipinski definition) is 2. The number of nitrogen functional groups attached to an aromatic ring is 1. The van der Waals surface area contributed by atoms with E-state index in [0.29, 0.717) is 6.54 Å². The maximum atomic E-state index is 5.91. The van der Waals surface area contributed by atoms with Crippen LogP contribution in [0.3, 0.4) is 0 Å². The Hall–Kier alpha value is -1.80. The number of rotatable bonds is 3. The van der Waals surface area contributed by atoms with Crippen LogP contribution in [0.4, 0.5) is 5.69 Å². The van der Waals surface area contributed by atoms with Gasteiger partial charge in [0.05, 0.1) is 0 Å². The molecular weight excluding hydrogens is 196 g/mol. The molecule has 2 heteroatoms. The van der Waals surface area contributed by atoms with Gasteiger partial charge >= 0.3 is 0 Å². The van der Waals surface area contributed by atoms with Gasteiger partial charge in [-0.1, -0.05) is 42.5 Å². The fourth-order valence-electron chi connectivity index (χ4n) is 1.78. The van der Waals surface area contributed by atoms with Crippen molar-refractivity contribution in [3.63, 3.8) is 0 Å². The molecule has 0 unspecified atom stereocenters. The first-order valence-corrected chi connectivity index (χ1v) is 5.41. The van der Waals surface area contributed by atoms with E-state index in [1.54, 1.807) is 0 Å². The predicted octanol–water partition coefficient (Wildman–Crippen LogP) is 2.32. The number of hydrogen-bond donors (Lipinski definition) is 2. The van der Waals surface area contributed by atoms with E-state index < -0.39 is 0 Å². The van der Waals surface area contributed by atoms with Crippen LogP contribution in [0.15, 0.2) is 48.5 Å². The van der Waals surface area contributed by atoms with E-state index in [0.717, 1.165) is 23.2 Å². The summed E-state index contributed by atoms with van der Waals surface area (Å²) in [5, 5.41) is 0. The molecule has 0 aliphatic heterocycles. The Labute approximate surface area is 95.9 Å². The van der Waals surface area contributed by atoms with Crippen molar-refractivity contribution < 1.29 is 0 Å². The zero-order chi connectivity index (χ0) is 11.4. The number of anilines is 1. The van der Waals surface area contributed by atoms with Crippen LogP contribution in [0.2, 0.25) is 0 Å². The Balaban J connectivity index is 2.24. The zero-order valence-electron chi connectivity index (χ0n) is 9.19. The molecule has 0 fully saturated rings. The van der Waals surface area contributed by atoms with Gasteiger partial charge in [-0.05, 0) is 29.2 Å². The fourth-order valence-corrected chi connectivity index (χ4v) is 1.78. The molecular formula is C14H16N2. The van der Waals surface area contributed by atoms with E-state index in [1.165, 1.54) is 5.56 Å². The summed E-state index contributed by atoms with van der Waals surface area (Å²) in [5.74, 6) is 0. The minimum atomic E-state index is 0.581. The topological polar surface area (TPSA) is 52.0 Å². The van der Waals surface area contributed by atoms with Crippen LogP contribution in [-0.2, 0) is 13.0 Å². The van der Waals surface area contributed by atoms with Crippen molar-refractivity contribution >= 4 is 5.69 Å². The lowest BCUT2D eigenvalue weighted by Gasteiger charge is -2.06. The third-order valence-electron chi connectivity index (χ3n) is 2.68. The average Bonchev–Trinajstić information content (AvgIpc) is 2.32. The van der Waals surface area contributed by atoms with E-state index in [1.807, 2.05) is 30.3 Å². The third kappa shape index (κ3) is 2.41. The zero-order valence-corrected chi connectivity index (χ0v) is 9.19. The highest BCUT2D eigenvalue weighted by Crippen LogP contribution is 2.16. The number of nitrogens with two attached hydrogens (primary N) is 2. The molecule has 0 aromatic heterocycles. The predicted molar refractivity (Wildman–Crippen MR) is 68.0 cm³/mol. The van der Waals surface area contributed by atoms with E-state index >= 15 is 0 Å². The molecule has 0 spiro atoms. The van der Waals surface area contributed by atoms with Crippen LogP contribution in [0, 0.1) is 0 Å². The Kier molecular flexibility index (Phi) is 3.22. The molecule has 4 N–H and O–H groups in total. The van der Waals surface area contributed by atoms with Gasteiger partial charge in [-0.2, -0.15) is 0 Å². The smallest absolute Gasteiger partial charge is 0.0349 e. The Morgan fingerprint density at radius 1 is 0.875 bits per heavy atom. The summed E-state index contributed by atoms with van der Waals surface area (Å²) >= 11 is 0. The number of para-hydroxylation sites is 1. The minimum absolute atomic E-state index is 0.581. The van der Waals surface area contributed by atoms with E-state index in [2.05, 4.69) is 18.2 Å². The van der Waals surface area contributed by atoms with E-state index in [-0.39, 0.29) is 0 Å². The van der Waals surface area contributed by atoms with Crippen molar-refractivity contribution in [1.29, 1.82) is 0 Å². The van der Waals surface area contributed by atoms with Crippen molar-refractivity contribution in [2.75, 3.05) is 5.73 Å². The monoisotopic (exact) mass is 212 g/mol. The SMILES string of the molecule is NCc1cccc(Cc2ccccc2N)c1. The maximum Gasteiger partial charge on any atom is 0.0349 e. The molecule has 0 aliphatic rings. The molecule has 0 atom stereocenters. The van der Waals surface area contributed by atoms with Gasteiger partial charge < -0.3 is 11.5 Å². The summed E-state index contributed by atoms with van der Waals surface area (Å²) in [6, 6.07) is 16.3. The van der Waals surface area contributed by atoms with Gasteiger partial charge in [0.15, 0.2) is 0 Å². The lowest BCUT2D eigenvalue weighted by molar-refractivity contribution is 1.06. The summed E-state index contributed by atoms with van der Waals surface area (Å²) in [7, 11) is 0. The van der Waals surface area contributed by atoms with Crippen molar-refractivity contribution in [3.05, 3.63) is 65.2 Å². The standard InChI is InChI=1S/C14H16N2/c15-10-12-5-3-4-11(8-12)9-13-6-1-2-7-14(13)16/h1-8H,9-10,15-16H2. The molecule has 2 aromatic rings. The summed E-state index contributed by atoms with van der Waals surface area (Å²) in [5.41, 5.74) is 16.0. The molecule has 2 rings (SSSR count). The molecule has 2 nitrogen and oxygen atoms in total. The Bertz CT molecular complexity index is 478. The second-order valence-corrected chi connectivity index (χ2v) is 3.90. The average molecular weight is 212 g/mol. The molecule has 0 bridgehead atoms. The maximum absolute atomic E-state index is 5.91. The highest BCUT2D eigenvalue weighted by molar-refractivity contribution is 5.48. The molecule has 16 heavy (non-hydrogen) atoms. The molecule has 0 aliphatic carbocycles. The molecule has 0 saturated heterocycles. The van der Waals surface area contributed by atoms with Crippen LogP contribution in [0.25, 0.3) is 0 Å². The lowest BCUT2D eigenvalue weighted by atomic mass is 10.0. The van der Waals surface area contributed by atoms with Gasteiger partial charge in [0, 0.05) is 12.2 Å². The molecule has 2 aromatic carbocycles. The van der Waals surface area contributed by atoms with Crippen molar-refractivity contribution in [2.45, 2.75) is 13.0 Å². The first-order chi connectivity index (χ1) is 7.79. The fraction of sp³-hybridized carbons (Fsp3) is 0.143. The quantitative estimate of drug-likeness (QED) is 0.767. The molecule has 0 amide bonds. The Morgan fingerprint density at radius 3 is 2.38 bits per heavy atom. The molecule has 0 radical (unpaired) electrons. The van der Waals surface area contributed by atoms with Gasteiger partial charge in [0.2, 0.25) is 0 Å². The highest BCUT2D eigenvalue weighted by Gasteiger charge is 2.00. The summed E-state index contributed by atoms with van der Waals surface area (Å²) in [4.78, 5) is 0. The molecule has 0 heterocycles. The summed E-state index contributed by atoms with van der Waals surface area (Å²) < 4.78 is 0. The first-order valence-electron chi connectivity index (χ1n) is 5.41. The van der Waals surface area contributed by atoms with E-state index in [9.17, 15) is 0 Å². The highest BCUT2D eigenvalue weighted by atomic mass is 14.6. The van der Waals surface area contributed by atoms with Gasteiger partial charge in [-0.3, -0.25) is 0 Å². The Morgan fingerprint density at radius 2 is 1.62 bits per heavy atom. The van der Waals surface area contributed by atoms with Crippen LogP contribution in [0.1, 0.15) is 16.7 Å². The van der Waals surface area contributed by atoms with Gasteiger partial charge in [-0.15, -0.1) is 0 Å². The van der Waals surface area contributed by atoms with Crippen molar-refractivity contribution in [1.82, 2.24) is 0 Å². The van der Waals surface area contributed by atoms with Gasteiger partial charge in [0.1, 0.15) is 0 Å². The summed E-state index contributed by atoms with van der Waals surface area (Å²) in [6.07, 6.45) is 0.862. The second-order valence-electron chi connectivity index (χ2n) is 3.90. The molecule has 82 valence electrons. The largest absolute Gasteiger partial charge is 0.398 e. The van der Waals surface area contributed by atoms with Crippen molar-refractivity contribution in [3.8, 4) is 0 Å². The van der Waals surface area contributed by atoms with E-state index in [4.69, 9.17) is 11.5 Å². The number of benzene rings is 2. The molecule has 0 saturated carbocycles. The van der Waals surface area contributed by atoms with Gasteiger partial charge in [0.25, 0.3) is 0 Å². The van der Waals surface area contributed by atoms with Crippen LogP contribution in [0.5, 0.6) is 0 Å². The van der Waals surface area contributed by atoms with Crippen molar-refractivity contribution in [2.24, 2.45) is 5.73 Å². The lowest BCUT2D eigenvalue weighted by Crippen LogP contribution is -1.99. The van der Waals surface area contributed by atoms with Crippen LogP contribution < -0.4 is 11.5 Å². The summed E-state index contributed by atoms with van der Waals surface area (Å²) in [6.45, 7) is 0.581. The normalized spacial score (nSPS) is 10.3. The first kappa shape index (κ1) is 10.7.